The SMILES string of the molecule is CC=NC/C(=C\C=C/CC(C)C)C(C)C. The number of aliphatic imine (C=N–C) groups is 1. The van der Waals surface area contributed by atoms with Crippen LogP contribution >= 0.6 is 0 Å². The van der Waals surface area contributed by atoms with E-state index in [2.05, 4.69) is 50.9 Å². The van der Waals surface area contributed by atoms with Crippen molar-refractivity contribution in [3.8, 4) is 0 Å². The predicted octanol–water partition coefficient (Wildman–Crippen LogP) is 4.26. The number of hydrogen-bond acceptors (Lipinski definition) is 1. The molecular weight excluding hydrogens is 182 g/mol. The smallest absolute Gasteiger partial charge is 0.0601 e. The summed E-state index contributed by atoms with van der Waals surface area (Å²) in [6.07, 6.45) is 9.64. The van der Waals surface area contributed by atoms with Crippen LogP contribution in [0.2, 0.25) is 0 Å². The molecule has 0 heterocycles. The molecule has 86 valence electrons. The molecule has 15 heavy (non-hydrogen) atoms. The number of hydrogen-bond donors (Lipinski definition) is 0. The molecule has 0 radical (unpaired) electrons. The normalized spacial score (nSPS) is 13.9. The lowest BCUT2D eigenvalue weighted by atomic mass is 10.0. The van der Waals surface area contributed by atoms with Crippen LogP contribution in [-0.2, 0) is 0 Å². The van der Waals surface area contributed by atoms with Gasteiger partial charge >= 0.3 is 0 Å². The minimum Gasteiger partial charge on any atom is -0.293 e. The van der Waals surface area contributed by atoms with E-state index in [0.29, 0.717) is 5.92 Å². The van der Waals surface area contributed by atoms with Crippen LogP contribution in [0, 0.1) is 11.8 Å². The van der Waals surface area contributed by atoms with Gasteiger partial charge in [0.25, 0.3) is 0 Å². The first kappa shape index (κ1) is 14.2. The Labute approximate surface area is 95.0 Å². The van der Waals surface area contributed by atoms with Crippen LogP contribution in [0.15, 0.2) is 28.8 Å². The maximum absolute atomic E-state index is 4.28. The van der Waals surface area contributed by atoms with Gasteiger partial charge in [-0.3, -0.25) is 4.99 Å². The molecule has 1 nitrogen and oxygen atoms in total. The molecule has 0 saturated carbocycles. The fourth-order valence-electron chi connectivity index (χ4n) is 1.17. The van der Waals surface area contributed by atoms with Crippen molar-refractivity contribution >= 4 is 6.21 Å². The van der Waals surface area contributed by atoms with Crippen LogP contribution in [0.5, 0.6) is 0 Å². The van der Waals surface area contributed by atoms with Gasteiger partial charge in [0, 0.05) is 0 Å². The molecule has 0 fully saturated rings. The lowest BCUT2D eigenvalue weighted by Crippen LogP contribution is -1.97. The van der Waals surface area contributed by atoms with Gasteiger partial charge in [-0.1, -0.05) is 45.9 Å². The third-order valence-electron chi connectivity index (χ3n) is 2.25. The van der Waals surface area contributed by atoms with Crippen molar-refractivity contribution in [3.63, 3.8) is 0 Å². The summed E-state index contributed by atoms with van der Waals surface area (Å²) in [4.78, 5) is 4.28. The van der Waals surface area contributed by atoms with Crippen molar-refractivity contribution < 1.29 is 0 Å². The topological polar surface area (TPSA) is 12.4 Å². The Bertz CT molecular complexity index is 232. The van der Waals surface area contributed by atoms with E-state index in [1.807, 2.05) is 13.1 Å². The van der Waals surface area contributed by atoms with Gasteiger partial charge in [-0.2, -0.15) is 0 Å². The molecule has 0 spiro atoms. The molecule has 0 atom stereocenters. The van der Waals surface area contributed by atoms with E-state index in [4.69, 9.17) is 0 Å². The average Bonchev–Trinajstić information content (AvgIpc) is 2.15. The van der Waals surface area contributed by atoms with Gasteiger partial charge in [0.2, 0.25) is 0 Å². The van der Waals surface area contributed by atoms with Crippen molar-refractivity contribution in [3.05, 3.63) is 23.8 Å². The van der Waals surface area contributed by atoms with E-state index < -0.39 is 0 Å². The van der Waals surface area contributed by atoms with Crippen LogP contribution in [0.4, 0.5) is 0 Å². The molecule has 0 aliphatic carbocycles. The van der Waals surface area contributed by atoms with Gasteiger partial charge in [0.05, 0.1) is 6.54 Å². The van der Waals surface area contributed by atoms with Crippen LogP contribution in [0.25, 0.3) is 0 Å². The third kappa shape index (κ3) is 8.17. The van der Waals surface area contributed by atoms with Crippen molar-refractivity contribution in [2.45, 2.75) is 41.0 Å². The molecule has 0 saturated heterocycles. The molecule has 0 aromatic heterocycles. The van der Waals surface area contributed by atoms with Gasteiger partial charge < -0.3 is 0 Å². The molecule has 1 heteroatoms. The molecule has 0 aromatic carbocycles. The van der Waals surface area contributed by atoms with Crippen molar-refractivity contribution in [1.82, 2.24) is 0 Å². The fraction of sp³-hybridized carbons (Fsp3) is 0.643. The first-order chi connectivity index (χ1) is 7.07. The summed E-state index contributed by atoms with van der Waals surface area (Å²) in [7, 11) is 0. The standard InChI is InChI=1S/C14H25N/c1-6-15-11-14(13(4)5)10-8-7-9-12(2)3/h6-8,10,12-13H,9,11H2,1-5H3/b8-7-,14-10+,15-6?. The zero-order valence-electron chi connectivity index (χ0n) is 10.8. The van der Waals surface area contributed by atoms with Crippen LogP contribution in [-0.4, -0.2) is 12.8 Å². The fourth-order valence-corrected chi connectivity index (χ4v) is 1.17. The number of allylic oxidation sites excluding steroid dienone is 3. The van der Waals surface area contributed by atoms with Crippen LogP contribution in [0.1, 0.15) is 41.0 Å². The summed E-state index contributed by atoms with van der Waals surface area (Å²) < 4.78 is 0. The van der Waals surface area contributed by atoms with Gasteiger partial charge in [0.15, 0.2) is 0 Å². The van der Waals surface area contributed by atoms with Crippen molar-refractivity contribution in [2.24, 2.45) is 16.8 Å². The van der Waals surface area contributed by atoms with Crippen molar-refractivity contribution in [2.75, 3.05) is 6.54 Å². The van der Waals surface area contributed by atoms with Crippen LogP contribution < -0.4 is 0 Å². The molecule has 0 bridgehead atoms. The first-order valence-electron chi connectivity index (χ1n) is 5.88. The Morgan fingerprint density at radius 3 is 2.33 bits per heavy atom. The minimum atomic E-state index is 0.581. The first-order valence-corrected chi connectivity index (χ1v) is 5.88. The average molecular weight is 207 g/mol. The molecule has 0 N–H and O–H groups in total. The Kier molecular flexibility index (Phi) is 7.98. The second kappa shape index (κ2) is 8.46. The zero-order valence-corrected chi connectivity index (χ0v) is 10.8. The van der Waals surface area contributed by atoms with Gasteiger partial charge in [0.1, 0.15) is 0 Å². The highest BCUT2D eigenvalue weighted by Gasteiger charge is 1.99. The number of nitrogens with zero attached hydrogens (tertiary/aromatic N) is 1. The van der Waals surface area contributed by atoms with Gasteiger partial charge in [-0.15, -0.1) is 0 Å². The second-order valence-corrected chi connectivity index (χ2v) is 4.55. The number of rotatable bonds is 6. The van der Waals surface area contributed by atoms with Crippen LogP contribution in [0.3, 0.4) is 0 Å². The monoisotopic (exact) mass is 207 g/mol. The van der Waals surface area contributed by atoms with E-state index in [1.165, 1.54) is 5.57 Å². The van der Waals surface area contributed by atoms with Crippen molar-refractivity contribution in [1.29, 1.82) is 0 Å². The summed E-state index contributed by atoms with van der Waals surface area (Å²) in [6, 6.07) is 0. The Hall–Kier alpha value is -0.850. The summed E-state index contributed by atoms with van der Waals surface area (Å²) in [6.45, 7) is 11.7. The molecule has 0 aliphatic rings. The lowest BCUT2D eigenvalue weighted by Gasteiger charge is -2.07. The Morgan fingerprint density at radius 1 is 1.20 bits per heavy atom. The maximum Gasteiger partial charge on any atom is 0.0601 e. The summed E-state index contributed by atoms with van der Waals surface area (Å²) in [5.41, 5.74) is 1.40. The molecule has 0 aromatic rings. The van der Waals surface area contributed by atoms with E-state index in [1.54, 1.807) is 0 Å². The third-order valence-corrected chi connectivity index (χ3v) is 2.25. The molecule has 0 rings (SSSR count). The highest BCUT2D eigenvalue weighted by molar-refractivity contribution is 5.53. The van der Waals surface area contributed by atoms with E-state index in [9.17, 15) is 0 Å². The van der Waals surface area contributed by atoms with E-state index in [-0.39, 0.29) is 0 Å². The van der Waals surface area contributed by atoms with Gasteiger partial charge in [-0.25, -0.2) is 0 Å². The molecular formula is C14H25N. The largest absolute Gasteiger partial charge is 0.293 e. The Balaban J connectivity index is 4.22. The zero-order chi connectivity index (χ0) is 11.7. The van der Waals surface area contributed by atoms with E-state index >= 15 is 0 Å². The Morgan fingerprint density at radius 2 is 1.87 bits per heavy atom. The molecule has 0 amide bonds. The quantitative estimate of drug-likeness (QED) is 0.456. The maximum atomic E-state index is 4.28. The second-order valence-electron chi connectivity index (χ2n) is 4.55. The molecule has 0 aliphatic heterocycles. The molecule has 0 unspecified atom stereocenters. The summed E-state index contributed by atoms with van der Waals surface area (Å²) in [5, 5.41) is 0. The highest BCUT2D eigenvalue weighted by atomic mass is 14.7. The lowest BCUT2D eigenvalue weighted by molar-refractivity contribution is 0.663. The summed E-state index contributed by atoms with van der Waals surface area (Å²) >= 11 is 0. The minimum absolute atomic E-state index is 0.581. The highest BCUT2D eigenvalue weighted by Crippen LogP contribution is 2.10. The van der Waals surface area contributed by atoms with E-state index in [0.717, 1.165) is 18.9 Å². The predicted molar refractivity (Wildman–Crippen MR) is 70.5 cm³/mol. The summed E-state index contributed by atoms with van der Waals surface area (Å²) in [5.74, 6) is 1.32. The van der Waals surface area contributed by atoms with Gasteiger partial charge in [-0.05, 0) is 37.0 Å².